The molecule has 2 aromatic rings. The standard InChI is InChI=1S/C23H30N4O6S/c1-3-25(4-2)20-13-12-18(34(31,32)26-14-8-5-9-15-26)16-19(20)24-23(28)17-33-22-11-7-6-10-21(22)27(29)30/h6-7,10-13,16H,3-5,8-9,14-15,17H2,1-2H3,(H,24,28). The molecule has 1 N–H and O–H groups in total. The molecule has 184 valence electrons. The fourth-order valence-electron chi connectivity index (χ4n) is 3.93. The summed E-state index contributed by atoms with van der Waals surface area (Å²) in [5.74, 6) is -0.577. The Labute approximate surface area is 199 Å². The molecule has 11 heteroatoms. The first-order valence-electron chi connectivity index (χ1n) is 11.3. The van der Waals surface area contributed by atoms with Gasteiger partial charge >= 0.3 is 5.69 Å². The predicted molar refractivity (Wildman–Crippen MR) is 130 cm³/mol. The van der Waals surface area contributed by atoms with E-state index in [1.807, 2.05) is 18.7 Å². The highest BCUT2D eigenvalue weighted by Crippen LogP contribution is 2.31. The minimum atomic E-state index is -3.69. The molecule has 1 saturated heterocycles. The number of benzene rings is 2. The fourth-order valence-corrected chi connectivity index (χ4v) is 5.47. The summed E-state index contributed by atoms with van der Waals surface area (Å²) >= 11 is 0. The third-order valence-electron chi connectivity index (χ3n) is 5.72. The van der Waals surface area contributed by atoms with E-state index >= 15 is 0 Å². The van der Waals surface area contributed by atoms with Gasteiger partial charge in [0.25, 0.3) is 5.91 Å². The smallest absolute Gasteiger partial charge is 0.310 e. The molecule has 1 amide bonds. The summed E-state index contributed by atoms with van der Waals surface area (Å²) < 4.78 is 33.2. The van der Waals surface area contributed by atoms with Crippen molar-refractivity contribution < 1.29 is 22.9 Å². The first kappa shape index (κ1) is 25.4. The second kappa shape index (κ2) is 11.3. The molecule has 10 nitrogen and oxygen atoms in total. The first-order valence-corrected chi connectivity index (χ1v) is 12.8. The Morgan fingerprint density at radius 3 is 2.44 bits per heavy atom. The Morgan fingerprint density at radius 2 is 1.79 bits per heavy atom. The minimum Gasteiger partial charge on any atom is -0.477 e. The van der Waals surface area contributed by atoms with E-state index in [-0.39, 0.29) is 16.3 Å². The Bertz CT molecular complexity index is 1130. The number of carbonyl (C=O) groups is 1. The second-order valence-electron chi connectivity index (χ2n) is 7.88. The molecule has 0 spiro atoms. The normalized spacial score (nSPS) is 14.4. The summed E-state index contributed by atoms with van der Waals surface area (Å²) in [6.45, 7) is 5.73. The Hall–Kier alpha value is -3.18. The van der Waals surface area contributed by atoms with Gasteiger partial charge < -0.3 is 15.0 Å². The maximum Gasteiger partial charge on any atom is 0.310 e. The average Bonchev–Trinajstić information content (AvgIpc) is 2.85. The molecule has 0 bridgehead atoms. The maximum absolute atomic E-state index is 13.2. The van der Waals surface area contributed by atoms with Gasteiger partial charge in [-0.25, -0.2) is 8.42 Å². The van der Waals surface area contributed by atoms with E-state index in [1.54, 1.807) is 18.2 Å². The maximum atomic E-state index is 13.2. The van der Waals surface area contributed by atoms with E-state index in [1.165, 1.54) is 28.6 Å². The van der Waals surface area contributed by atoms with E-state index < -0.39 is 27.5 Å². The van der Waals surface area contributed by atoms with Crippen LogP contribution in [0.15, 0.2) is 47.4 Å². The second-order valence-corrected chi connectivity index (χ2v) is 9.82. The molecule has 1 heterocycles. The van der Waals surface area contributed by atoms with Gasteiger partial charge in [-0.15, -0.1) is 0 Å². The van der Waals surface area contributed by atoms with Gasteiger partial charge in [-0.3, -0.25) is 14.9 Å². The van der Waals surface area contributed by atoms with E-state index in [2.05, 4.69) is 5.32 Å². The van der Waals surface area contributed by atoms with Crippen LogP contribution in [-0.2, 0) is 14.8 Å². The van der Waals surface area contributed by atoms with Crippen LogP contribution in [0.5, 0.6) is 5.75 Å². The van der Waals surface area contributed by atoms with Crippen molar-refractivity contribution in [3.8, 4) is 5.75 Å². The molecule has 0 aliphatic carbocycles. The Kier molecular flexibility index (Phi) is 8.46. The van der Waals surface area contributed by atoms with Crippen LogP contribution >= 0.6 is 0 Å². The van der Waals surface area contributed by atoms with E-state index in [0.29, 0.717) is 37.6 Å². The molecule has 1 aliphatic heterocycles. The summed E-state index contributed by atoms with van der Waals surface area (Å²) in [6, 6.07) is 10.5. The SMILES string of the molecule is CCN(CC)c1ccc(S(=O)(=O)N2CCCCC2)cc1NC(=O)COc1ccccc1[N+](=O)[O-]. The summed E-state index contributed by atoms with van der Waals surface area (Å²) in [7, 11) is -3.69. The molecular formula is C23H30N4O6S. The summed E-state index contributed by atoms with van der Waals surface area (Å²) in [4.78, 5) is 25.4. The molecule has 0 unspecified atom stereocenters. The van der Waals surface area contributed by atoms with E-state index in [4.69, 9.17) is 4.74 Å². The van der Waals surface area contributed by atoms with Crippen LogP contribution in [0.25, 0.3) is 0 Å². The van der Waals surface area contributed by atoms with Crippen LogP contribution in [-0.4, -0.2) is 56.3 Å². The van der Waals surface area contributed by atoms with Crippen molar-refractivity contribution in [3.63, 3.8) is 0 Å². The molecule has 3 rings (SSSR count). The number of rotatable bonds is 10. The number of nitro groups is 1. The third-order valence-corrected chi connectivity index (χ3v) is 7.61. The number of nitrogens with zero attached hydrogens (tertiary/aromatic N) is 3. The van der Waals surface area contributed by atoms with Crippen molar-refractivity contribution in [2.45, 2.75) is 38.0 Å². The average molecular weight is 491 g/mol. The van der Waals surface area contributed by atoms with Crippen molar-refractivity contribution in [2.75, 3.05) is 43.0 Å². The monoisotopic (exact) mass is 490 g/mol. The molecule has 1 fully saturated rings. The van der Waals surface area contributed by atoms with Gasteiger partial charge in [0.1, 0.15) is 0 Å². The molecule has 1 aliphatic rings. The number of piperidine rings is 1. The topological polar surface area (TPSA) is 122 Å². The fraction of sp³-hybridized carbons (Fsp3) is 0.435. The molecule has 0 atom stereocenters. The number of ether oxygens (including phenoxy) is 1. The highest BCUT2D eigenvalue weighted by Gasteiger charge is 2.27. The molecule has 2 aromatic carbocycles. The van der Waals surface area contributed by atoms with Gasteiger partial charge in [-0.1, -0.05) is 18.6 Å². The van der Waals surface area contributed by atoms with Crippen molar-refractivity contribution in [1.29, 1.82) is 0 Å². The number of para-hydroxylation sites is 2. The number of nitro benzene ring substituents is 1. The number of sulfonamides is 1. The van der Waals surface area contributed by atoms with Crippen molar-refractivity contribution in [2.24, 2.45) is 0 Å². The van der Waals surface area contributed by atoms with Crippen LogP contribution < -0.4 is 15.0 Å². The third kappa shape index (κ3) is 5.84. The first-order chi connectivity index (χ1) is 16.3. The number of hydrogen-bond donors (Lipinski definition) is 1. The largest absolute Gasteiger partial charge is 0.477 e. The van der Waals surface area contributed by atoms with Gasteiger partial charge in [-0.2, -0.15) is 4.31 Å². The highest BCUT2D eigenvalue weighted by molar-refractivity contribution is 7.89. The molecule has 0 aromatic heterocycles. The predicted octanol–water partition coefficient (Wildman–Crippen LogP) is 3.63. The number of carbonyl (C=O) groups excluding carboxylic acids is 1. The van der Waals surface area contributed by atoms with E-state index in [9.17, 15) is 23.3 Å². The van der Waals surface area contributed by atoms with Crippen molar-refractivity contribution >= 4 is 33.0 Å². The lowest BCUT2D eigenvalue weighted by Gasteiger charge is -2.28. The van der Waals surface area contributed by atoms with Crippen LogP contribution in [0.4, 0.5) is 17.1 Å². The lowest BCUT2D eigenvalue weighted by molar-refractivity contribution is -0.385. The lowest BCUT2D eigenvalue weighted by Crippen LogP contribution is -2.35. The van der Waals surface area contributed by atoms with Crippen LogP contribution in [0, 0.1) is 10.1 Å². The van der Waals surface area contributed by atoms with Gasteiger partial charge in [-0.05, 0) is 51.0 Å². The number of nitrogens with one attached hydrogen (secondary N) is 1. The highest BCUT2D eigenvalue weighted by atomic mass is 32.2. The van der Waals surface area contributed by atoms with Crippen LogP contribution in [0.1, 0.15) is 33.1 Å². The minimum absolute atomic E-state index is 0.0203. The quantitative estimate of drug-likeness (QED) is 0.398. The number of anilines is 2. The summed E-state index contributed by atoms with van der Waals surface area (Å²) in [5, 5.41) is 13.9. The molecule has 0 saturated carbocycles. The van der Waals surface area contributed by atoms with Crippen LogP contribution in [0.3, 0.4) is 0 Å². The number of amides is 1. The van der Waals surface area contributed by atoms with Gasteiger partial charge in [0.15, 0.2) is 12.4 Å². The Morgan fingerprint density at radius 1 is 1.12 bits per heavy atom. The van der Waals surface area contributed by atoms with Crippen molar-refractivity contribution in [1.82, 2.24) is 4.31 Å². The van der Waals surface area contributed by atoms with Gasteiger partial charge in [0.05, 0.1) is 21.2 Å². The van der Waals surface area contributed by atoms with Gasteiger partial charge in [0.2, 0.25) is 10.0 Å². The zero-order valence-electron chi connectivity index (χ0n) is 19.4. The Balaban J connectivity index is 1.85. The van der Waals surface area contributed by atoms with Crippen LogP contribution in [0.2, 0.25) is 0 Å². The lowest BCUT2D eigenvalue weighted by atomic mass is 10.2. The summed E-state index contributed by atoms with van der Waals surface area (Å²) in [6.07, 6.45) is 2.65. The molecule has 34 heavy (non-hydrogen) atoms. The summed E-state index contributed by atoms with van der Waals surface area (Å²) in [5.41, 5.74) is 0.785. The molecular weight excluding hydrogens is 460 g/mol. The van der Waals surface area contributed by atoms with E-state index in [0.717, 1.165) is 19.3 Å². The zero-order valence-corrected chi connectivity index (χ0v) is 20.2. The van der Waals surface area contributed by atoms with Crippen molar-refractivity contribution in [3.05, 3.63) is 52.6 Å². The van der Waals surface area contributed by atoms with Gasteiger partial charge in [0, 0.05) is 32.2 Å². The zero-order chi connectivity index (χ0) is 24.7. The number of hydrogen-bond acceptors (Lipinski definition) is 7. The molecule has 0 radical (unpaired) electrons.